The van der Waals surface area contributed by atoms with Crippen molar-refractivity contribution >= 4 is 0 Å². The van der Waals surface area contributed by atoms with Gasteiger partial charge in [-0.3, -0.25) is 0 Å². The Bertz CT molecular complexity index is 408. The molecule has 0 aliphatic carbocycles. The van der Waals surface area contributed by atoms with Gasteiger partial charge in [-0.05, 0) is 17.7 Å². The minimum atomic E-state index is -0.195. The van der Waals surface area contributed by atoms with Crippen LogP contribution < -0.4 is 5.32 Å². The largest absolute Gasteiger partial charge is 0.349 e. The highest BCUT2D eigenvalue weighted by Crippen LogP contribution is 2.01. The predicted molar refractivity (Wildman–Crippen MR) is 60.4 cm³/mol. The quantitative estimate of drug-likeness (QED) is 0.754. The van der Waals surface area contributed by atoms with Crippen molar-refractivity contribution in [2.75, 3.05) is 6.54 Å². The van der Waals surface area contributed by atoms with Gasteiger partial charge in [0.15, 0.2) is 0 Å². The molecule has 0 amide bonds. The molecule has 0 saturated carbocycles. The Kier molecular flexibility index (Phi) is 3.66. The van der Waals surface area contributed by atoms with Crippen molar-refractivity contribution in [1.82, 2.24) is 15.3 Å². The van der Waals surface area contributed by atoms with Crippen molar-refractivity contribution in [2.45, 2.75) is 13.0 Å². The van der Waals surface area contributed by atoms with Crippen molar-refractivity contribution in [2.24, 2.45) is 0 Å². The molecule has 0 unspecified atom stereocenters. The van der Waals surface area contributed by atoms with Gasteiger partial charge in [-0.1, -0.05) is 12.1 Å². The number of nitrogens with one attached hydrogen (secondary N) is 2. The van der Waals surface area contributed by atoms with Crippen LogP contribution in [0.4, 0.5) is 4.39 Å². The van der Waals surface area contributed by atoms with Crippen molar-refractivity contribution in [3.05, 3.63) is 53.9 Å². The van der Waals surface area contributed by atoms with E-state index in [4.69, 9.17) is 0 Å². The van der Waals surface area contributed by atoms with Crippen LogP contribution in [0.5, 0.6) is 0 Å². The molecular weight excluding hydrogens is 205 g/mol. The van der Waals surface area contributed by atoms with Crippen LogP contribution in [0.3, 0.4) is 0 Å². The highest BCUT2D eigenvalue weighted by molar-refractivity contribution is 5.15. The van der Waals surface area contributed by atoms with E-state index >= 15 is 0 Å². The molecule has 2 N–H and O–H groups in total. The fraction of sp³-hybridized carbons (Fsp3) is 0.250. The monoisotopic (exact) mass is 219 g/mol. The number of aromatic amines is 1. The lowest BCUT2D eigenvalue weighted by atomic mass is 10.2. The van der Waals surface area contributed by atoms with Gasteiger partial charge in [-0.2, -0.15) is 0 Å². The molecule has 0 bridgehead atoms. The third-order valence-corrected chi connectivity index (χ3v) is 2.34. The summed E-state index contributed by atoms with van der Waals surface area (Å²) < 4.78 is 12.6. The summed E-state index contributed by atoms with van der Waals surface area (Å²) in [4.78, 5) is 7.17. The lowest BCUT2D eigenvalue weighted by Crippen LogP contribution is -2.17. The predicted octanol–water partition coefficient (Wildman–Crippen LogP) is 1.88. The Labute approximate surface area is 93.7 Å². The maximum atomic E-state index is 12.6. The molecule has 0 fully saturated rings. The van der Waals surface area contributed by atoms with Gasteiger partial charge in [0, 0.05) is 31.9 Å². The molecule has 16 heavy (non-hydrogen) atoms. The van der Waals surface area contributed by atoms with E-state index in [1.807, 2.05) is 6.20 Å². The molecule has 0 radical (unpaired) electrons. The molecule has 0 aliphatic rings. The number of halogens is 1. The smallest absolute Gasteiger partial charge is 0.123 e. The van der Waals surface area contributed by atoms with Crippen LogP contribution in [-0.4, -0.2) is 16.5 Å². The zero-order valence-electron chi connectivity index (χ0n) is 8.91. The second kappa shape index (κ2) is 5.42. The van der Waals surface area contributed by atoms with E-state index in [9.17, 15) is 4.39 Å². The summed E-state index contributed by atoms with van der Waals surface area (Å²) in [6.07, 6.45) is 4.43. The zero-order chi connectivity index (χ0) is 11.2. The number of benzene rings is 1. The van der Waals surface area contributed by atoms with Crippen LogP contribution in [0.15, 0.2) is 36.7 Å². The molecule has 2 rings (SSSR count). The molecule has 1 aromatic heterocycles. The molecule has 0 aliphatic heterocycles. The molecule has 84 valence electrons. The molecule has 4 heteroatoms. The Morgan fingerprint density at radius 1 is 1.25 bits per heavy atom. The van der Waals surface area contributed by atoms with Gasteiger partial charge in [0.05, 0.1) is 0 Å². The average Bonchev–Trinajstić information content (AvgIpc) is 2.80. The minimum absolute atomic E-state index is 0.195. The Hall–Kier alpha value is -1.68. The summed E-state index contributed by atoms with van der Waals surface area (Å²) in [5, 5.41) is 3.28. The van der Waals surface area contributed by atoms with Crippen molar-refractivity contribution < 1.29 is 4.39 Å². The third-order valence-electron chi connectivity index (χ3n) is 2.34. The summed E-state index contributed by atoms with van der Waals surface area (Å²) in [6, 6.07) is 6.53. The fourth-order valence-electron chi connectivity index (χ4n) is 1.48. The molecule has 0 saturated heterocycles. The zero-order valence-corrected chi connectivity index (χ0v) is 8.91. The fourth-order valence-corrected chi connectivity index (χ4v) is 1.48. The second-order valence-electron chi connectivity index (χ2n) is 3.59. The van der Waals surface area contributed by atoms with Gasteiger partial charge < -0.3 is 10.3 Å². The average molecular weight is 219 g/mol. The van der Waals surface area contributed by atoms with Crippen LogP contribution in [0, 0.1) is 5.82 Å². The van der Waals surface area contributed by atoms with Crippen LogP contribution in [-0.2, 0) is 13.0 Å². The van der Waals surface area contributed by atoms with Gasteiger partial charge in [0.1, 0.15) is 11.6 Å². The summed E-state index contributed by atoms with van der Waals surface area (Å²) in [6.45, 7) is 1.60. The number of imidazole rings is 1. The second-order valence-corrected chi connectivity index (χ2v) is 3.59. The highest BCUT2D eigenvalue weighted by atomic mass is 19.1. The van der Waals surface area contributed by atoms with Crippen molar-refractivity contribution in [1.29, 1.82) is 0 Å². The van der Waals surface area contributed by atoms with E-state index in [1.165, 1.54) is 12.1 Å². The van der Waals surface area contributed by atoms with Gasteiger partial charge >= 0.3 is 0 Å². The van der Waals surface area contributed by atoms with Gasteiger partial charge in [0.2, 0.25) is 0 Å². The summed E-state index contributed by atoms with van der Waals surface area (Å²) in [5.41, 5.74) is 1.08. The van der Waals surface area contributed by atoms with Crippen LogP contribution in [0.2, 0.25) is 0 Å². The first kappa shape index (κ1) is 10.8. The van der Waals surface area contributed by atoms with E-state index in [0.717, 1.165) is 30.9 Å². The molecule has 1 aromatic carbocycles. The maximum absolute atomic E-state index is 12.6. The number of H-pyrrole nitrogens is 1. The number of aromatic nitrogens is 2. The summed E-state index contributed by atoms with van der Waals surface area (Å²) >= 11 is 0. The molecule has 3 nitrogen and oxygen atoms in total. The standard InChI is InChI=1S/C12H14FN3/c13-11-3-1-10(2-4-11)9-14-6-5-12-15-7-8-16-12/h1-4,7-8,14H,5-6,9H2,(H,15,16). The Morgan fingerprint density at radius 3 is 2.75 bits per heavy atom. The number of hydrogen-bond donors (Lipinski definition) is 2. The molecular formula is C12H14FN3. The molecule has 1 heterocycles. The number of rotatable bonds is 5. The lowest BCUT2D eigenvalue weighted by Gasteiger charge is -2.03. The van der Waals surface area contributed by atoms with Gasteiger partial charge in [-0.15, -0.1) is 0 Å². The number of hydrogen-bond acceptors (Lipinski definition) is 2. The Balaban J connectivity index is 1.70. The first-order valence-corrected chi connectivity index (χ1v) is 5.28. The SMILES string of the molecule is Fc1ccc(CNCCc2ncc[nH]2)cc1. The maximum Gasteiger partial charge on any atom is 0.123 e. The van der Waals surface area contributed by atoms with Crippen molar-refractivity contribution in [3.8, 4) is 0 Å². The lowest BCUT2D eigenvalue weighted by molar-refractivity contribution is 0.624. The third kappa shape index (κ3) is 3.17. The topological polar surface area (TPSA) is 40.7 Å². The van der Waals surface area contributed by atoms with E-state index < -0.39 is 0 Å². The highest BCUT2D eigenvalue weighted by Gasteiger charge is 1.95. The Morgan fingerprint density at radius 2 is 2.06 bits per heavy atom. The first-order chi connectivity index (χ1) is 7.84. The van der Waals surface area contributed by atoms with Crippen LogP contribution in [0.1, 0.15) is 11.4 Å². The summed E-state index contributed by atoms with van der Waals surface area (Å²) in [5.74, 6) is 0.783. The number of nitrogens with zero attached hydrogens (tertiary/aromatic N) is 1. The van der Waals surface area contributed by atoms with E-state index in [0.29, 0.717) is 0 Å². The van der Waals surface area contributed by atoms with Crippen LogP contribution >= 0.6 is 0 Å². The van der Waals surface area contributed by atoms with Gasteiger partial charge in [0.25, 0.3) is 0 Å². The van der Waals surface area contributed by atoms with E-state index in [2.05, 4.69) is 15.3 Å². The molecule has 2 aromatic rings. The minimum Gasteiger partial charge on any atom is -0.349 e. The summed E-state index contributed by atoms with van der Waals surface area (Å²) in [7, 11) is 0. The van der Waals surface area contributed by atoms with Gasteiger partial charge in [-0.25, -0.2) is 9.37 Å². The molecule has 0 atom stereocenters. The first-order valence-electron chi connectivity index (χ1n) is 5.28. The normalized spacial score (nSPS) is 10.6. The van der Waals surface area contributed by atoms with Crippen molar-refractivity contribution in [3.63, 3.8) is 0 Å². The van der Waals surface area contributed by atoms with Crippen LogP contribution in [0.25, 0.3) is 0 Å². The van der Waals surface area contributed by atoms with E-state index in [-0.39, 0.29) is 5.82 Å². The molecule has 0 spiro atoms. The van der Waals surface area contributed by atoms with E-state index in [1.54, 1.807) is 18.3 Å².